The molecule has 1 aromatic carbocycles. The van der Waals surface area contributed by atoms with Crippen molar-refractivity contribution in [1.29, 1.82) is 0 Å². The molecular weight excluding hydrogens is 248 g/mol. The first-order valence-electron chi connectivity index (χ1n) is 6.98. The molecule has 2 aromatic rings. The predicted octanol–water partition coefficient (Wildman–Crippen LogP) is 3.18. The quantitative estimate of drug-likeness (QED) is 0.875. The number of hydrogen-bond donors (Lipinski definition) is 1. The van der Waals surface area contributed by atoms with Gasteiger partial charge in [0.05, 0.1) is 7.11 Å². The predicted molar refractivity (Wildman–Crippen MR) is 82.0 cm³/mol. The molecule has 0 aliphatic rings. The van der Waals surface area contributed by atoms with Crippen LogP contribution < -0.4 is 10.1 Å². The topological polar surface area (TPSA) is 34.1 Å². The monoisotopic (exact) mass is 270 g/mol. The van der Waals surface area contributed by atoms with Gasteiger partial charge in [-0.2, -0.15) is 0 Å². The molecule has 0 aliphatic carbocycles. The molecule has 0 fully saturated rings. The minimum Gasteiger partial charge on any atom is -0.496 e. The summed E-state index contributed by atoms with van der Waals surface area (Å²) in [5.74, 6) is 0.933. The van der Waals surface area contributed by atoms with Gasteiger partial charge in [0.2, 0.25) is 0 Å². The Morgan fingerprint density at radius 3 is 2.70 bits per heavy atom. The average molecular weight is 270 g/mol. The van der Waals surface area contributed by atoms with Gasteiger partial charge in [0, 0.05) is 36.5 Å². The van der Waals surface area contributed by atoms with Crippen molar-refractivity contribution in [1.82, 2.24) is 10.3 Å². The number of nitrogens with one attached hydrogen (secondary N) is 1. The molecule has 0 radical (unpaired) electrons. The first-order chi connectivity index (χ1) is 9.69. The van der Waals surface area contributed by atoms with E-state index in [-0.39, 0.29) is 0 Å². The van der Waals surface area contributed by atoms with Crippen LogP contribution in [0.4, 0.5) is 0 Å². The summed E-state index contributed by atoms with van der Waals surface area (Å²) in [5, 5.41) is 3.43. The zero-order valence-corrected chi connectivity index (χ0v) is 12.4. The van der Waals surface area contributed by atoms with Crippen LogP contribution in [0.5, 0.6) is 5.75 Å². The number of methoxy groups -OCH3 is 1. The van der Waals surface area contributed by atoms with Gasteiger partial charge in [0.1, 0.15) is 5.75 Å². The van der Waals surface area contributed by atoms with Gasteiger partial charge in [-0.1, -0.05) is 32.0 Å². The lowest BCUT2D eigenvalue weighted by Crippen LogP contribution is -2.22. The van der Waals surface area contributed by atoms with Crippen molar-refractivity contribution >= 4 is 0 Å². The van der Waals surface area contributed by atoms with E-state index in [1.165, 1.54) is 11.1 Å². The lowest BCUT2D eigenvalue weighted by Gasteiger charge is -2.13. The molecule has 1 heterocycles. The van der Waals surface area contributed by atoms with Crippen LogP contribution in [-0.2, 0) is 13.0 Å². The Kier molecular flexibility index (Phi) is 5.13. The summed E-state index contributed by atoms with van der Waals surface area (Å²) in [6, 6.07) is 12.8. The molecule has 1 aromatic heterocycles. The third-order valence-electron chi connectivity index (χ3n) is 3.16. The highest BCUT2D eigenvalue weighted by molar-refractivity contribution is 5.38. The summed E-state index contributed by atoms with van der Waals surface area (Å²) in [4.78, 5) is 4.37. The summed E-state index contributed by atoms with van der Waals surface area (Å²) in [6.07, 6.45) is 2.68. The van der Waals surface area contributed by atoms with Crippen molar-refractivity contribution in [3.63, 3.8) is 0 Å². The summed E-state index contributed by atoms with van der Waals surface area (Å²) in [7, 11) is 1.71. The van der Waals surface area contributed by atoms with Gasteiger partial charge in [0.25, 0.3) is 0 Å². The van der Waals surface area contributed by atoms with Crippen LogP contribution in [0.1, 0.15) is 30.7 Å². The number of pyridine rings is 1. The van der Waals surface area contributed by atoms with Crippen molar-refractivity contribution in [2.75, 3.05) is 7.11 Å². The Bertz CT molecular complexity index is 538. The SMILES string of the molecule is COc1ccc(Cc2ccccn2)cc1CNC(C)C. The van der Waals surface area contributed by atoms with Crippen LogP contribution >= 0.6 is 0 Å². The molecule has 0 bridgehead atoms. The number of aromatic nitrogens is 1. The first-order valence-corrected chi connectivity index (χ1v) is 6.98. The fourth-order valence-corrected chi connectivity index (χ4v) is 2.11. The molecule has 20 heavy (non-hydrogen) atoms. The molecule has 3 nitrogen and oxygen atoms in total. The normalized spacial score (nSPS) is 10.8. The number of nitrogens with zero attached hydrogens (tertiary/aromatic N) is 1. The van der Waals surface area contributed by atoms with Crippen LogP contribution in [0.3, 0.4) is 0 Å². The third kappa shape index (κ3) is 4.07. The van der Waals surface area contributed by atoms with Crippen molar-refractivity contribution in [2.45, 2.75) is 32.9 Å². The molecule has 0 amide bonds. The van der Waals surface area contributed by atoms with Gasteiger partial charge in [-0.15, -0.1) is 0 Å². The largest absolute Gasteiger partial charge is 0.496 e. The lowest BCUT2D eigenvalue weighted by atomic mass is 10.0. The molecule has 2 rings (SSSR count). The fraction of sp³-hybridized carbons (Fsp3) is 0.353. The van der Waals surface area contributed by atoms with E-state index in [1.54, 1.807) is 7.11 Å². The highest BCUT2D eigenvalue weighted by Crippen LogP contribution is 2.21. The van der Waals surface area contributed by atoms with E-state index >= 15 is 0 Å². The van der Waals surface area contributed by atoms with E-state index in [9.17, 15) is 0 Å². The fourth-order valence-electron chi connectivity index (χ4n) is 2.11. The van der Waals surface area contributed by atoms with Gasteiger partial charge in [-0.05, 0) is 23.8 Å². The Morgan fingerprint density at radius 1 is 1.20 bits per heavy atom. The molecular formula is C17H22N2O. The molecule has 0 aliphatic heterocycles. The second-order valence-corrected chi connectivity index (χ2v) is 5.18. The zero-order chi connectivity index (χ0) is 14.4. The number of ether oxygens (including phenoxy) is 1. The molecule has 0 unspecified atom stereocenters. The first kappa shape index (κ1) is 14.5. The molecule has 0 saturated carbocycles. The average Bonchev–Trinajstić information content (AvgIpc) is 2.46. The summed E-state index contributed by atoms with van der Waals surface area (Å²) in [5.41, 5.74) is 3.53. The van der Waals surface area contributed by atoms with E-state index in [1.807, 2.05) is 24.4 Å². The van der Waals surface area contributed by atoms with Crippen LogP contribution in [0.2, 0.25) is 0 Å². The zero-order valence-electron chi connectivity index (χ0n) is 12.4. The van der Waals surface area contributed by atoms with Gasteiger partial charge < -0.3 is 10.1 Å². The van der Waals surface area contributed by atoms with Crippen molar-refractivity contribution in [3.05, 3.63) is 59.4 Å². The lowest BCUT2D eigenvalue weighted by molar-refractivity contribution is 0.406. The van der Waals surface area contributed by atoms with E-state index in [2.05, 4.69) is 42.3 Å². The Morgan fingerprint density at radius 2 is 2.05 bits per heavy atom. The molecule has 0 spiro atoms. The van der Waals surface area contributed by atoms with Crippen molar-refractivity contribution in [2.24, 2.45) is 0 Å². The summed E-state index contributed by atoms with van der Waals surface area (Å²) in [6.45, 7) is 5.10. The van der Waals surface area contributed by atoms with Crippen LogP contribution in [0, 0.1) is 0 Å². The molecule has 1 N–H and O–H groups in total. The third-order valence-corrected chi connectivity index (χ3v) is 3.16. The van der Waals surface area contributed by atoms with Gasteiger partial charge in [0.15, 0.2) is 0 Å². The summed E-state index contributed by atoms with van der Waals surface area (Å²) < 4.78 is 5.43. The second kappa shape index (κ2) is 7.06. The highest BCUT2D eigenvalue weighted by Gasteiger charge is 2.06. The molecule has 0 saturated heterocycles. The van der Waals surface area contributed by atoms with Gasteiger partial charge in [-0.25, -0.2) is 0 Å². The summed E-state index contributed by atoms with van der Waals surface area (Å²) >= 11 is 0. The minimum absolute atomic E-state index is 0.458. The van der Waals surface area contributed by atoms with E-state index in [4.69, 9.17) is 4.74 Å². The maximum absolute atomic E-state index is 5.43. The van der Waals surface area contributed by atoms with Gasteiger partial charge >= 0.3 is 0 Å². The molecule has 0 atom stereocenters. The maximum atomic E-state index is 5.43. The van der Waals surface area contributed by atoms with Crippen molar-refractivity contribution < 1.29 is 4.74 Å². The second-order valence-electron chi connectivity index (χ2n) is 5.18. The van der Waals surface area contributed by atoms with Crippen LogP contribution in [0.25, 0.3) is 0 Å². The van der Waals surface area contributed by atoms with E-state index < -0.39 is 0 Å². The molecule has 106 valence electrons. The smallest absolute Gasteiger partial charge is 0.123 e. The van der Waals surface area contributed by atoms with Crippen molar-refractivity contribution in [3.8, 4) is 5.75 Å². The highest BCUT2D eigenvalue weighted by atomic mass is 16.5. The van der Waals surface area contributed by atoms with Crippen LogP contribution in [0.15, 0.2) is 42.6 Å². The van der Waals surface area contributed by atoms with Gasteiger partial charge in [-0.3, -0.25) is 4.98 Å². The number of rotatable bonds is 6. The maximum Gasteiger partial charge on any atom is 0.123 e. The Labute approximate surface area is 121 Å². The number of benzene rings is 1. The Balaban J connectivity index is 2.16. The van der Waals surface area contributed by atoms with E-state index in [0.29, 0.717) is 6.04 Å². The minimum atomic E-state index is 0.458. The Hall–Kier alpha value is -1.87. The number of hydrogen-bond acceptors (Lipinski definition) is 3. The standard InChI is InChI=1S/C17H22N2O/c1-13(2)19-12-15-10-14(7-8-17(15)20-3)11-16-6-4-5-9-18-16/h4-10,13,19H,11-12H2,1-3H3. The van der Waals surface area contributed by atoms with E-state index in [0.717, 1.165) is 24.4 Å². The molecule has 3 heteroatoms. The van der Waals surface area contributed by atoms with Crippen LogP contribution in [-0.4, -0.2) is 18.1 Å².